The number of piperidine rings is 1. The lowest BCUT2D eigenvalue weighted by molar-refractivity contribution is -0.120. The molecule has 1 aromatic carbocycles. The Morgan fingerprint density at radius 2 is 1.96 bits per heavy atom. The fraction of sp³-hybridized carbons (Fsp3) is 0.500. The molecular formula is C16H21ClN2O5S. The van der Waals surface area contributed by atoms with Crippen LogP contribution in [0.4, 0.5) is 5.69 Å². The third kappa shape index (κ3) is 5.17. The predicted molar refractivity (Wildman–Crippen MR) is 95.2 cm³/mol. The van der Waals surface area contributed by atoms with Gasteiger partial charge in [-0.1, -0.05) is 11.6 Å². The highest BCUT2D eigenvalue weighted by atomic mass is 35.5. The molecule has 2 rings (SSSR count). The molecule has 0 radical (unpaired) electrons. The van der Waals surface area contributed by atoms with Gasteiger partial charge in [-0.15, -0.1) is 0 Å². The number of amides is 1. The van der Waals surface area contributed by atoms with Crippen LogP contribution in [0.3, 0.4) is 0 Å². The molecule has 1 aromatic rings. The number of halogens is 1. The predicted octanol–water partition coefficient (Wildman–Crippen LogP) is 2.13. The number of anilines is 1. The minimum atomic E-state index is -3.22. The van der Waals surface area contributed by atoms with Crippen molar-refractivity contribution in [2.75, 3.05) is 31.3 Å². The molecule has 138 valence electrons. The van der Waals surface area contributed by atoms with Crippen LogP contribution in [0.1, 0.15) is 30.1 Å². The van der Waals surface area contributed by atoms with Crippen molar-refractivity contribution in [1.29, 1.82) is 0 Å². The summed E-state index contributed by atoms with van der Waals surface area (Å²) in [5.41, 5.74) is 0.635. The molecule has 0 atom stereocenters. The molecule has 1 N–H and O–H groups in total. The van der Waals surface area contributed by atoms with Gasteiger partial charge in [0.25, 0.3) is 0 Å². The second kappa shape index (κ2) is 8.16. The highest BCUT2D eigenvalue weighted by Crippen LogP contribution is 2.24. The van der Waals surface area contributed by atoms with Gasteiger partial charge >= 0.3 is 5.97 Å². The van der Waals surface area contributed by atoms with Crippen LogP contribution in [0.2, 0.25) is 5.02 Å². The Morgan fingerprint density at radius 1 is 1.32 bits per heavy atom. The van der Waals surface area contributed by atoms with Gasteiger partial charge in [0.05, 0.1) is 23.4 Å². The SMILES string of the molecule is CCOC(=O)c1cc(NC(=O)C2CCN(S(C)(=O)=O)CC2)ccc1Cl. The van der Waals surface area contributed by atoms with Crippen LogP contribution in [0.25, 0.3) is 0 Å². The Balaban J connectivity index is 2.02. The van der Waals surface area contributed by atoms with Crippen molar-refractivity contribution in [3.8, 4) is 0 Å². The Labute approximate surface area is 152 Å². The number of benzene rings is 1. The van der Waals surface area contributed by atoms with Gasteiger partial charge in [-0.05, 0) is 38.0 Å². The number of hydrogen-bond acceptors (Lipinski definition) is 5. The van der Waals surface area contributed by atoms with Crippen LogP contribution >= 0.6 is 11.6 Å². The van der Waals surface area contributed by atoms with Crippen molar-refractivity contribution in [2.24, 2.45) is 5.92 Å². The molecular weight excluding hydrogens is 368 g/mol. The Kier molecular flexibility index (Phi) is 6.42. The summed E-state index contributed by atoms with van der Waals surface area (Å²) in [6, 6.07) is 4.61. The number of rotatable bonds is 5. The molecule has 0 spiro atoms. The fourth-order valence-corrected chi connectivity index (χ4v) is 3.73. The van der Waals surface area contributed by atoms with Crippen molar-refractivity contribution in [3.05, 3.63) is 28.8 Å². The van der Waals surface area contributed by atoms with E-state index in [4.69, 9.17) is 16.3 Å². The Bertz CT molecular complexity index is 758. The van der Waals surface area contributed by atoms with Gasteiger partial charge in [0.2, 0.25) is 15.9 Å². The maximum Gasteiger partial charge on any atom is 0.339 e. The van der Waals surface area contributed by atoms with E-state index in [1.54, 1.807) is 13.0 Å². The van der Waals surface area contributed by atoms with Gasteiger partial charge in [0, 0.05) is 24.7 Å². The second-order valence-electron chi connectivity index (χ2n) is 5.84. The van der Waals surface area contributed by atoms with Gasteiger partial charge in [0.1, 0.15) is 0 Å². The van der Waals surface area contributed by atoms with E-state index >= 15 is 0 Å². The minimum absolute atomic E-state index is 0.188. The van der Waals surface area contributed by atoms with Gasteiger partial charge < -0.3 is 10.1 Å². The zero-order valence-electron chi connectivity index (χ0n) is 14.1. The van der Waals surface area contributed by atoms with Crippen LogP contribution in [0, 0.1) is 5.92 Å². The summed E-state index contributed by atoms with van der Waals surface area (Å²) < 4.78 is 29.3. The number of sulfonamides is 1. The zero-order chi connectivity index (χ0) is 18.6. The molecule has 1 saturated heterocycles. The number of esters is 1. The highest BCUT2D eigenvalue weighted by Gasteiger charge is 2.29. The number of carbonyl (C=O) groups is 2. The molecule has 1 aliphatic heterocycles. The highest BCUT2D eigenvalue weighted by molar-refractivity contribution is 7.88. The number of hydrogen-bond donors (Lipinski definition) is 1. The molecule has 1 heterocycles. The zero-order valence-corrected chi connectivity index (χ0v) is 15.7. The van der Waals surface area contributed by atoms with E-state index < -0.39 is 16.0 Å². The van der Waals surface area contributed by atoms with Crippen molar-refractivity contribution < 1.29 is 22.7 Å². The fourth-order valence-electron chi connectivity index (χ4n) is 2.66. The summed E-state index contributed by atoms with van der Waals surface area (Å²) >= 11 is 5.99. The molecule has 25 heavy (non-hydrogen) atoms. The molecule has 1 amide bonds. The van der Waals surface area contributed by atoms with E-state index in [1.165, 1.54) is 16.4 Å². The summed E-state index contributed by atoms with van der Waals surface area (Å²) in [6.45, 7) is 2.57. The summed E-state index contributed by atoms with van der Waals surface area (Å²) in [7, 11) is -3.22. The third-order valence-corrected chi connectivity index (χ3v) is 5.66. The van der Waals surface area contributed by atoms with E-state index in [-0.39, 0.29) is 29.0 Å². The molecule has 7 nitrogen and oxygen atoms in total. The van der Waals surface area contributed by atoms with Crippen LogP contribution in [-0.4, -0.2) is 50.6 Å². The normalized spacial score (nSPS) is 16.4. The van der Waals surface area contributed by atoms with Crippen molar-refractivity contribution in [1.82, 2.24) is 4.31 Å². The first-order valence-corrected chi connectivity index (χ1v) is 10.2. The lowest BCUT2D eigenvalue weighted by Crippen LogP contribution is -2.40. The molecule has 0 bridgehead atoms. The van der Waals surface area contributed by atoms with Crippen LogP contribution < -0.4 is 5.32 Å². The largest absolute Gasteiger partial charge is 0.462 e. The van der Waals surface area contributed by atoms with Crippen molar-refractivity contribution in [3.63, 3.8) is 0 Å². The van der Waals surface area contributed by atoms with Gasteiger partial charge in [0.15, 0.2) is 0 Å². The van der Waals surface area contributed by atoms with Crippen LogP contribution in [-0.2, 0) is 19.6 Å². The first-order chi connectivity index (χ1) is 11.7. The smallest absolute Gasteiger partial charge is 0.339 e. The molecule has 1 aliphatic rings. The van der Waals surface area contributed by atoms with Gasteiger partial charge in [-0.2, -0.15) is 0 Å². The van der Waals surface area contributed by atoms with E-state index in [9.17, 15) is 18.0 Å². The van der Waals surface area contributed by atoms with Gasteiger partial charge in [-0.25, -0.2) is 17.5 Å². The summed E-state index contributed by atoms with van der Waals surface area (Å²) in [5, 5.41) is 3.00. The lowest BCUT2D eigenvalue weighted by Gasteiger charge is -2.29. The Hall–Kier alpha value is -1.64. The molecule has 0 aromatic heterocycles. The Morgan fingerprint density at radius 3 is 2.52 bits per heavy atom. The topological polar surface area (TPSA) is 92.8 Å². The number of nitrogens with one attached hydrogen (secondary N) is 1. The quantitative estimate of drug-likeness (QED) is 0.780. The number of carbonyl (C=O) groups excluding carboxylic acids is 2. The average Bonchev–Trinajstić information content (AvgIpc) is 2.56. The van der Waals surface area contributed by atoms with Crippen LogP contribution in [0.5, 0.6) is 0 Å². The molecule has 0 unspecified atom stereocenters. The van der Waals surface area contributed by atoms with Crippen molar-refractivity contribution in [2.45, 2.75) is 19.8 Å². The van der Waals surface area contributed by atoms with Crippen molar-refractivity contribution >= 4 is 39.2 Å². The van der Waals surface area contributed by atoms with E-state index in [0.717, 1.165) is 6.26 Å². The maximum absolute atomic E-state index is 12.4. The number of nitrogens with zero attached hydrogens (tertiary/aromatic N) is 1. The van der Waals surface area contributed by atoms with Crippen LogP contribution in [0.15, 0.2) is 18.2 Å². The second-order valence-corrected chi connectivity index (χ2v) is 8.23. The first-order valence-electron chi connectivity index (χ1n) is 7.95. The summed E-state index contributed by atoms with van der Waals surface area (Å²) in [6.07, 6.45) is 2.08. The summed E-state index contributed by atoms with van der Waals surface area (Å²) in [4.78, 5) is 24.2. The minimum Gasteiger partial charge on any atom is -0.462 e. The monoisotopic (exact) mass is 388 g/mol. The van der Waals surface area contributed by atoms with Gasteiger partial charge in [-0.3, -0.25) is 4.79 Å². The third-order valence-electron chi connectivity index (χ3n) is 4.02. The first kappa shape index (κ1) is 19.7. The molecule has 1 fully saturated rings. The molecule has 0 saturated carbocycles. The standard InChI is InChI=1S/C16H21ClN2O5S/c1-3-24-16(21)13-10-12(4-5-14(13)17)18-15(20)11-6-8-19(9-7-11)25(2,22)23/h4-5,10-11H,3,6-9H2,1-2H3,(H,18,20). The lowest BCUT2D eigenvalue weighted by atomic mass is 9.97. The van der Waals surface area contributed by atoms with E-state index in [2.05, 4.69) is 5.32 Å². The van der Waals surface area contributed by atoms with E-state index in [0.29, 0.717) is 31.6 Å². The molecule has 9 heteroatoms. The molecule has 0 aliphatic carbocycles. The maximum atomic E-state index is 12.4. The average molecular weight is 389 g/mol. The van der Waals surface area contributed by atoms with E-state index in [1.807, 2.05) is 0 Å². The summed E-state index contributed by atoms with van der Waals surface area (Å²) in [5.74, 6) is -1.03. The number of ether oxygens (including phenoxy) is 1.